The van der Waals surface area contributed by atoms with Gasteiger partial charge in [-0.25, -0.2) is 4.57 Å². The van der Waals surface area contributed by atoms with Crippen LogP contribution in [0.2, 0.25) is 0 Å². The second kappa shape index (κ2) is 38.0. The van der Waals surface area contributed by atoms with Gasteiger partial charge in [-0.1, -0.05) is 153 Å². The molecule has 0 radical (unpaired) electrons. The minimum absolute atomic E-state index is 0.201. The van der Waals surface area contributed by atoms with Gasteiger partial charge in [0.1, 0.15) is 6.61 Å². The van der Waals surface area contributed by atoms with Crippen molar-refractivity contribution in [2.75, 3.05) is 13.2 Å². The minimum atomic E-state index is -4.76. The number of ether oxygens (including phenoxy) is 2. The van der Waals surface area contributed by atoms with E-state index in [0.717, 1.165) is 64.2 Å². The van der Waals surface area contributed by atoms with E-state index in [9.17, 15) is 14.2 Å². The number of unbranched alkanes of at least 4 members (excludes halogenated alkanes) is 22. The molecule has 0 aromatic rings. The van der Waals surface area contributed by atoms with Crippen LogP contribution in [0, 0.1) is 0 Å². The van der Waals surface area contributed by atoms with E-state index >= 15 is 0 Å². The molecule has 8 nitrogen and oxygen atoms in total. The van der Waals surface area contributed by atoms with Crippen LogP contribution in [-0.4, -0.2) is 41.0 Å². The Morgan fingerprint density at radius 3 is 1.35 bits per heavy atom. The number of esters is 2. The Morgan fingerprint density at radius 1 is 0.510 bits per heavy atom. The standard InChI is InChI=1S/C42H77O8P/c1-3-5-7-9-11-13-15-17-19-21-23-24-26-28-30-32-34-36-41(43)48-38-40(39-49-51(45,46)47)50-42(44)37-35-33-31-29-27-25-22-20-18-16-14-12-10-8-6-4-2/h11,13,17,19-20,22,40H,3-10,12,14-16,18,21,23-39H2,1-2H3,(H2,45,46,47)/b13-11-,19-17-,22-20-/t40-/m1/s1. The number of hydrogen-bond acceptors (Lipinski definition) is 6. The van der Waals surface area contributed by atoms with Crippen LogP contribution in [-0.2, 0) is 28.2 Å². The average Bonchev–Trinajstić information content (AvgIpc) is 3.10. The van der Waals surface area contributed by atoms with Gasteiger partial charge in [0.2, 0.25) is 0 Å². The maximum absolute atomic E-state index is 12.4. The Balaban J connectivity index is 3.94. The van der Waals surface area contributed by atoms with Crippen molar-refractivity contribution in [1.29, 1.82) is 0 Å². The molecule has 0 bridgehead atoms. The van der Waals surface area contributed by atoms with Crippen molar-refractivity contribution in [2.24, 2.45) is 0 Å². The maximum atomic E-state index is 12.4. The molecule has 1 atom stereocenters. The molecule has 0 rings (SSSR count). The van der Waals surface area contributed by atoms with E-state index in [2.05, 4.69) is 54.8 Å². The second-order valence-electron chi connectivity index (χ2n) is 14.0. The quantitative estimate of drug-likeness (QED) is 0.0278. The van der Waals surface area contributed by atoms with Crippen LogP contribution < -0.4 is 0 Å². The van der Waals surface area contributed by atoms with Crippen LogP contribution >= 0.6 is 7.82 Å². The number of rotatable bonds is 38. The van der Waals surface area contributed by atoms with Gasteiger partial charge in [-0.3, -0.25) is 14.1 Å². The molecule has 298 valence electrons. The summed E-state index contributed by atoms with van der Waals surface area (Å²) in [4.78, 5) is 42.8. The van der Waals surface area contributed by atoms with Gasteiger partial charge >= 0.3 is 19.8 Å². The predicted molar refractivity (Wildman–Crippen MR) is 211 cm³/mol. The van der Waals surface area contributed by atoms with Gasteiger partial charge in [0, 0.05) is 12.8 Å². The highest BCUT2D eigenvalue weighted by Crippen LogP contribution is 2.36. The summed E-state index contributed by atoms with van der Waals surface area (Å²) in [5, 5.41) is 0. The van der Waals surface area contributed by atoms with Gasteiger partial charge in [-0.05, 0) is 70.6 Å². The normalized spacial score (nSPS) is 12.8. The zero-order valence-corrected chi connectivity index (χ0v) is 33.6. The molecule has 2 N–H and O–H groups in total. The Morgan fingerprint density at radius 2 is 0.882 bits per heavy atom. The molecule has 0 unspecified atom stereocenters. The monoisotopic (exact) mass is 741 g/mol. The molecule has 0 aromatic carbocycles. The van der Waals surface area contributed by atoms with Gasteiger partial charge in [0.05, 0.1) is 6.61 Å². The molecule has 0 heterocycles. The Hall–Kier alpha value is -1.73. The number of carbonyl (C=O) groups excluding carboxylic acids is 2. The third-order valence-corrected chi connectivity index (χ3v) is 9.37. The first kappa shape index (κ1) is 49.3. The van der Waals surface area contributed by atoms with E-state index in [0.29, 0.717) is 12.8 Å². The first-order valence-corrected chi connectivity index (χ1v) is 22.3. The van der Waals surface area contributed by atoms with Gasteiger partial charge in [-0.2, -0.15) is 0 Å². The van der Waals surface area contributed by atoms with E-state index in [1.54, 1.807) is 0 Å². The van der Waals surface area contributed by atoms with Crippen molar-refractivity contribution < 1.29 is 37.9 Å². The highest BCUT2D eigenvalue weighted by Gasteiger charge is 2.22. The van der Waals surface area contributed by atoms with E-state index in [4.69, 9.17) is 19.3 Å². The van der Waals surface area contributed by atoms with Crippen molar-refractivity contribution in [3.8, 4) is 0 Å². The van der Waals surface area contributed by atoms with Crippen LogP contribution in [0.4, 0.5) is 0 Å². The van der Waals surface area contributed by atoms with Gasteiger partial charge < -0.3 is 19.3 Å². The number of carbonyl (C=O) groups is 2. The minimum Gasteiger partial charge on any atom is -0.462 e. The zero-order valence-electron chi connectivity index (χ0n) is 32.8. The van der Waals surface area contributed by atoms with Crippen molar-refractivity contribution in [1.82, 2.24) is 0 Å². The predicted octanol–water partition coefficient (Wildman–Crippen LogP) is 12.6. The summed E-state index contributed by atoms with van der Waals surface area (Å²) >= 11 is 0. The fourth-order valence-electron chi connectivity index (χ4n) is 5.75. The maximum Gasteiger partial charge on any atom is 0.469 e. The van der Waals surface area contributed by atoms with Crippen molar-refractivity contribution in [3.63, 3.8) is 0 Å². The molecule has 0 aliphatic carbocycles. The summed E-state index contributed by atoms with van der Waals surface area (Å²) in [5.74, 6) is -0.900. The summed E-state index contributed by atoms with van der Waals surface area (Å²) in [6, 6.07) is 0. The van der Waals surface area contributed by atoms with Crippen LogP contribution in [0.25, 0.3) is 0 Å². The summed E-state index contributed by atoms with van der Waals surface area (Å²) in [5.41, 5.74) is 0. The number of phosphoric acid groups is 1. The van der Waals surface area contributed by atoms with E-state index in [1.807, 2.05) is 0 Å². The van der Waals surface area contributed by atoms with Gasteiger partial charge in [0.25, 0.3) is 0 Å². The molecule has 0 spiro atoms. The molecule has 0 amide bonds. The molecule has 0 saturated carbocycles. The lowest BCUT2D eigenvalue weighted by Crippen LogP contribution is -2.29. The van der Waals surface area contributed by atoms with Gasteiger partial charge in [0.15, 0.2) is 6.10 Å². The highest BCUT2D eigenvalue weighted by molar-refractivity contribution is 7.46. The van der Waals surface area contributed by atoms with Crippen molar-refractivity contribution >= 4 is 19.8 Å². The fraction of sp³-hybridized carbons (Fsp3) is 0.810. The molecule has 9 heteroatoms. The van der Waals surface area contributed by atoms with E-state index in [-0.39, 0.29) is 19.4 Å². The molecule has 0 aliphatic heterocycles. The van der Waals surface area contributed by atoms with E-state index in [1.165, 1.54) is 96.3 Å². The number of hydrogen-bond donors (Lipinski definition) is 2. The Kier molecular flexibility index (Phi) is 36.7. The smallest absolute Gasteiger partial charge is 0.462 e. The second-order valence-corrected chi connectivity index (χ2v) is 15.2. The summed E-state index contributed by atoms with van der Waals surface area (Å²) in [6.45, 7) is 3.65. The SMILES string of the molecule is CCCCC/C=C\C/C=C\CCCCCCCCCC(=O)OC[C@H](COP(=O)(O)O)OC(=O)CCCCCCC/C=C\CCCCCCCCC. The highest BCUT2D eigenvalue weighted by atomic mass is 31.2. The fourth-order valence-corrected chi connectivity index (χ4v) is 6.11. The molecular formula is C42H77O8P. The summed E-state index contributed by atoms with van der Waals surface area (Å²) in [7, 11) is -4.76. The lowest BCUT2D eigenvalue weighted by molar-refractivity contribution is -0.161. The first-order valence-electron chi connectivity index (χ1n) is 20.8. The average molecular weight is 741 g/mol. The number of allylic oxidation sites excluding steroid dienone is 6. The topological polar surface area (TPSA) is 119 Å². The van der Waals surface area contributed by atoms with Crippen molar-refractivity contribution in [3.05, 3.63) is 36.5 Å². The largest absolute Gasteiger partial charge is 0.469 e. The van der Waals surface area contributed by atoms with E-state index < -0.39 is 32.5 Å². The lowest BCUT2D eigenvalue weighted by Gasteiger charge is -2.18. The van der Waals surface area contributed by atoms with Crippen LogP contribution in [0.3, 0.4) is 0 Å². The molecule has 0 saturated heterocycles. The first-order chi connectivity index (χ1) is 24.8. The van der Waals surface area contributed by atoms with Crippen LogP contribution in [0.15, 0.2) is 36.5 Å². The van der Waals surface area contributed by atoms with Gasteiger partial charge in [-0.15, -0.1) is 0 Å². The third-order valence-electron chi connectivity index (χ3n) is 8.88. The number of phosphoric ester groups is 1. The zero-order chi connectivity index (χ0) is 37.5. The van der Waals surface area contributed by atoms with Crippen LogP contribution in [0.1, 0.15) is 200 Å². The van der Waals surface area contributed by atoms with Crippen LogP contribution in [0.5, 0.6) is 0 Å². The molecule has 0 aliphatic rings. The molecule has 51 heavy (non-hydrogen) atoms. The molecule has 0 fully saturated rings. The summed E-state index contributed by atoms with van der Waals surface area (Å²) in [6.07, 6.45) is 44.3. The third kappa shape index (κ3) is 40.9. The molecular weight excluding hydrogens is 663 g/mol. The lowest BCUT2D eigenvalue weighted by atomic mass is 10.1. The molecule has 0 aromatic heterocycles. The summed E-state index contributed by atoms with van der Waals surface area (Å²) < 4.78 is 26.4. The Labute approximate surface area is 312 Å². The van der Waals surface area contributed by atoms with Crippen molar-refractivity contribution in [2.45, 2.75) is 206 Å². The Bertz CT molecular complexity index is 926.